The summed E-state index contributed by atoms with van der Waals surface area (Å²) in [5.41, 5.74) is 4.20. The van der Waals surface area contributed by atoms with Crippen molar-refractivity contribution in [1.29, 1.82) is 0 Å². The number of urea groups is 1. The highest BCUT2D eigenvalue weighted by Gasteiger charge is 2.22. The third-order valence-electron chi connectivity index (χ3n) is 7.33. The fourth-order valence-electron chi connectivity index (χ4n) is 4.77. The molecule has 6 heteroatoms. The van der Waals surface area contributed by atoms with Crippen LogP contribution in [-0.2, 0) is 22.4 Å². The van der Waals surface area contributed by atoms with Gasteiger partial charge in [0.15, 0.2) is 6.10 Å². The van der Waals surface area contributed by atoms with E-state index in [-0.39, 0.29) is 12.0 Å². The Morgan fingerprint density at radius 1 is 0.786 bits per heavy atom. The molecule has 3 aromatic rings. The molecular formula is C36H48N2O4. The average Bonchev–Trinajstić information content (AvgIpc) is 2.99. The number of benzene rings is 3. The Kier molecular flexibility index (Phi) is 13.9. The second-order valence-electron chi connectivity index (χ2n) is 11.1. The lowest BCUT2D eigenvalue weighted by Crippen LogP contribution is -2.37. The molecule has 6 nitrogen and oxygen atoms in total. The van der Waals surface area contributed by atoms with Gasteiger partial charge in [-0.3, -0.25) is 0 Å². The van der Waals surface area contributed by atoms with Crippen molar-refractivity contribution in [2.75, 3.05) is 25.0 Å². The lowest BCUT2D eigenvalue weighted by Gasteiger charge is -2.23. The maximum Gasteiger partial charge on any atom is 0.347 e. The summed E-state index contributed by atoms with van der Waals surface area (Å²) in [6.45, 7) is 10.0. The highest BCUT2D eigenvalue weighted by Crippen LogP contribution is 2.19. The molecule has 0 aliphatic rings. The molecule has 3 aromatic carbocycles. The number of carbonyl (C=O) groups is 2. The summed E-state index contributed by atoms with van der Waals surface area (Å²) in [5, 5.41) is 3.10. The van der Waals surface area contributed by atoms with Crippen molar-refractivity contribution < 1.29 is 19.1 Å². The molecule has 1 N–H and O–H groups in total. The number of anilines is 1. The van der Waals surface area contributed by atoms with E-state index in [2.05, 4.69) is 50.4 Å². The van der Waals surface area contributed by atoms with Gasteiger partial charge in [-0.05, 0) is 66.6 Å². The predicted molar refractivity (Wildman–Crippen MR) is 171 cm³/mol. The van der Waals surface area contributed by atoms with Gasteiger partial charge >= 0.3 is 12.0 Å². The normalized spacial score (nSPS) is 11.6. The first-order valence-electron chi connectivity index (χ1n) is 15.5. The summed E-state index contributed by atoms with van der Waals surface area (Å²) >= 11 is 0. The highest BCUT2D eigenvalue weighted by molar-refractivity contribution is 5.89. The van der Waals surface area contributed by atoms with Crippen LogP contribution in [0.15, 0.2) is 78.9 Å². The van der Waals surface area contributed by atoms with E-state index in [1.807, 2.05) is 59.5 Å². The maximum atomic E-state index is 13.3. The summed E-state index contributed by atoms with van der Waals surface area (Å²) in [7, 11) is 0. The van der Waals surface area contributed by atoms with E-state index in [1.54, 1.807) is 6.92 Å². The second-order valence-corrected chi connectivity index (χ2v) is 11.1. The van der Waals surface area contributed by atoms with Gasteiger partial charge in [0.2, 0.25) is 0 Å². The Morgan fingerprint density at radius 2 is 1.45 bits per heavy atom. The van der Waals surface area contributed by atoms with Crippen LogP contribution in [0.3, 0.4) is 0 Å². The van der Waals surface area contributed by atoms with Crippen LogP contribution in [0.5, 0.6) is 5.75 Å². The van der Waals surface area contributed by atoms with E-state index in [0.717, 1.165) is 42.6 Å². The Hall–Kier alpha value is -3.80. The Morgan fingerprint density at radius 3 is 2.10 bits per heavy atom. The largest absolute Gasteiger partial charge is 0.478 e. The van der Waals surface area contributed by atoms with E-state index >= 15 is 0 Å². The molecule has 2 amide bonds. The van der Waals surface area contributed by atoms with Crippen LogP contribution in [0.2, 0.25) is 0 Å². The van der Waals surface area contributed by atoms with Crippen LogP contribution in [0.4, 0.5) is 10.5 Å². The van der Waals surface area contributed by atoms with Gasteiger partial charge in [-0.25, -0.2) is 9.59 Å². The summed E-state index contributed by atoms with van der Waals surface area (Å²) < 4.78 is 11.2. The molecule has 0 aromatic heterocycles. The Bertz CT molecular complexity index is 1190. The van der Waals surface area contributed by atoms with Gasteiger partial charge in [-0.15, -0.1) is 0 Å². The van der Waals surface area contributed by atoms with E-state index in [4.69, 9.17) is 9.47 Å². The van der Waals surface area contributed by atoms with Crippen molar-refractivity contribution in [3.63, 3.8) is 0 Å². The number of nitrogens with one attached hydrogen (secondary N) is 1. The fraction of sp³-hybridized carbons (Fsp3) is 0.444. The summed E-state index contributed by atoms with van der Waals surface area (Å²) in [6.07, 6.45) is 6.19. The number of ether oxygens (including phenoxy) is 2. The molecular weight excluding hydrogens is 524 g/mol. The molecule has 42 heavy (non-hydrogen) atoms. The van der Waals surface area contributed by atoms with E-state index in [1.165, 1.54) is 24.8 Å². The first-order valence-corrected chi connectivity index (χ1v) is 15.5. The zero-order chi connectivity index (χ0) is 30.2. The standard InChI is InChI=1S/C36H48N2O4/c1-5-7-8-9-13-25-38(36(40)37-32-22-20-31(21-23-32)28(3)4)26-24-29-16-18-30(19-17-29)27-34(35(39)41-6-2)42-33-14-11-10-12-15-33/h10-12,14-23,28,34H,5-9,13,24-27H2,1-4H3,(H,37,40). The number of rotatable bonds is 17. The van der Waals surface area contributed by atoms with Gasteiger partial charge in [0.25, 0.3) is 0 Å². The van der Waals surface area contributed by atoms with Crippen LogP contribution in [-0.4, -0.2) is 42.7 Å². The highest BCUT2D eigenvalue weighted by atomic mass is 16.6. The number of carbonyl (C=O) groups excluding carboxylic acids is 2. The SMILES string of the molecule is CCCCCCCN(CCc1ccc(CC(Oc2ccccc2)C(=O)OCC)cc1)C(=O)Nc1ccc(C(C)C)cc1. The van der Waals surface area contributed by atoms with Crippen LogP contribution in [0, 0.1) is 0 Å². The van der Waals surface area contributed by atoms with Crippen molar-refractivity contribution in [3.8, 4) is 5.75 Å². The van der Waals surface area contributed by atoms with Crippen molar-refractivity contribution in [3.05, 3.63) is 95.6 Å². The molecule has 0 spiro atoms. The molecule has 0 heterocycles. The topological polar surface area (TPSA) is 67.9 Å². The molecule has 0 aliphatic carbocycles. The molecule has 0 bridgehead atoms. The third-order valence-corrected chi connectivity index (χ3v) is 7.33. The third kappa shape index (κ3) is 11.2. The molecule has 1 unspecified atom stereocenters. The molecule has 226 valence electrons. The summed E-state index contributed by atoms with van der Waals surface area (Å²) in [5.74, 6) is 0.717. The first kappa shape index (κ1) is 32.7. The molecule has 0 saturated heterocycles. The summed E-state index contributed by atoms with van der Waals surface area (Å²) in [6, 6.07) is 25.6. The van der Waals surface area contributed by atoms with Crippen LogP contribution >= 0.6 is 0 Å². The van der Waals surface area contributed by atoms with Crippen LogP contribution in [0.25, 0.3) is 0 Å². The zero-order valence-electron chi connectivity index (χ0n) is 25.8. The Labute approximate surface area is 252 Å². The van der Waals surface area contributed by atoms with Crippen molar-refractivity contribution >= 4 is 17.7 Å². The lowest BCUT2D eigenvalue weighted by atomic mass is 10.0. The monoisotopic (exact) mass is 572 g/mol. The number of hydrogen-bond donors (Lipinski definition) is 1. The van der Waals surface area contributed by atoms with Gasteiger partial charge < -0.3 is 19.7 Å². The molecule has 0 fully saturated rings. The van der Waals surface area contributed by atoms with E-state index in [0.29, 0.717) is 31.2 Å². The Balaban J connectivity index is 1.61. The van der Waals surface area contributed by atoms with Crippen molar-refractivity contribution in [2.45, 2.75) is 84.7 Å². The number of para-hydroxylation sites is 1. The number of hydrogen-bond acceptors (Lipinski definition) is 4. The summed E-state index contributed by atoms with van der Waals surface area (Å²) in [4.78, 5) is 27.8. The van der Waals surface area contributed by atoms with Gasteiger partial charge in [0, 0.05) is 25.2 Å². The van der Waals surface area contributed by atoms with E-state index < -0.39 is 6.10 Å². The minimum Gasteiger partial charge on any atom is -0.478 e. The second kappa shape index (κ2) is 17.9. The molecule has 0 radical (unpaired) electrons. The van der Waals surface area contributed by atoms with Gasteiger partial charge in [-0.1, -0.05) is 101 Å². The average molecular weight is 573 g/mol. The fourth-order valence-corrected chi connectivity index (χ4v) is 4.77. The van der Waals surface area contributed by atoms with Crippen molar-refractivity contribution in [1.82, 2.24) is 4.90 Å². The molecule has 0 aliphatic heterocycles. The van der Waals surface area contributed by atoms with Gasteiger partial charge in [0.05, 0.1) is 6.61 Å². The quantitative estimate of drug-likeness (QED) is 0.130. The van der Waals surface area contributed by atoms with E-state index in [9.17, 15) is 9.59 Å². The molecule has 1 atom stereocenters. The van der Waals surface area contributed by atoms with Gasteiger partial charge in [-0.2, -0.15) is 0 Å². The first-order chi connectivity index (χ1) is 20.4. The van der Waals surface area contributed by atoms with Crippen LogP contribution in [0.1, 0.15) is 82.4 Å². The van der Waals surface area contributed by atoms with Crippen LogP contribution < -0.4 is 10.1 Å². The number of unbranched alkanes of at least 4 members (excludes halogenated alkanes) is 4. The minimum absolute atomic E-state index is 0.0604. The number of esters is 1. The zero-order valence-corrected chi connectivity index (χ0v) is 25.8. The smallest absolute Gasteiger partial charge is 0.347 e. The minimum atomic E-state index is -0.723. The predicted octanol–water partition coefficient (Wildman–Crippen LogP) is 8.41. The number of amides is 2. The van der Waals surface area contributed by atoms with Gasteiger partial charge in [0.1, 0.15) is 5.75 Å². The number of nitrogens with zero attached hydrogens (tertiary/aromatic N) is 1. The van der Waals surface area contributed by atoms with Crippen molar-refractivity contribution in [2.24, 2.45) is 0 Å². The maximum absolute atomic E-state index is 13.3. The molecule has 3 rings (SSSR count). The lowest BCUT2D eigenvalue weighted by molar-refractivity contribution is -0.151. The molecule has 0 saturated carbocycles.